The van der Waals surface area contributed by atoms with Crippen LogP contribution in [0.25, 0.3) is 16.8 Å². The zero-order valence-electron chi connectivity index (χ0n) is 16.0. The van der Waals surface area contributed by atoms with Crippen LogP contribution in [0.1, 0.15) is 17.0 Å². The third-order valence-corrected chi connectivity index (χ3v) is 5.68. The van der Waals surface area contributed by atoms with Crippen molar-refractivity contribution in [3.8, 4) is 16.9 Å². The Bertz CT molecular complexity index is 1180. The summed E-state index contributed by atoms with van der Waals surface area (Å²) in [6, 6.07) is 17.7. The van der Waals surface area contributed by atoms with Gasteiger partial charge in [0.25, 0.3) is 5.56 Å². The van der Waals surface area contributed by atoms with Gasteiger partial charge in [-0.05, 0) is 43.7 Å². The van der Waals surface area contributed by atoms with Gasteiger partial charge in [0.15, 0.2) is 5.65 Å². The zero-order valence-corrected chi connectivity index (χ0v) is 16.8. The minimum atomic E-state index is -0.104. The monoisotopic (exact) mass is 391 g/mol. The van der Waals surface area contributed by atoms with E-state index in [-0.39, 0.29) is 5.56 Å². The summed E-state index contributed by atoms with van der Waals surface area (Å²) in [5, 5.41) is 3.13. The van der Waals surface area contributed by atoms with Gasteiger partial charge in [0, 0.05) is 28.0 Å². The Morgan fingerprint density at radius 3 is 2.46 bits per heavy atom. The van der Waals surface area contributed by atoms with E-state index in [1.54, 1.807) is 24.9 Å². The molecule has 2 heterocycles. The Balaban J connectivity index is 1.71. The summed E-state index contributed by atoms with van der Waals surface area (Å²) in [5.74, 6) is 1.43. The molecule has 6 heteroatoms. The molecule has 0 saturated heterocycles. The van der Waals surface area contributed by atoms with Crippen LogP contribution in [0, 0.1) is 13.8 Å². The van der Waals surface area contributed by atoms with E-state index in [4.69, 9.17) is 9.72 Å². The fourth-order valence-corrected chi connectivity index (χ4v) is 3.96. The SMILES string of the molecule is COc1ccc(-c2c(C)[nH]n3c(=O)cc(CSc4ccc(C)cc4)nc23)cc1. The molecule has 0 aliphatic rings. The summed E-state index contributed by atoms with van der Waals surface area (Å²) in [6.07, 6.45) is 0. The summed E-state index contributed by atoms with van der Waals surface area (Å²) in [4.78, 5) is 18.6. The molecule has 0 fully saturated rings. The topological polar surface area (TPSA) is 59.4 Å². The van der Waals surface area contributed by atoms with E-state index >= 15 is 0 Å². The molecule has 0 atom stereocenters. The highest BCUT2D eigenvalue weighted by atomic mass is 32.2. The van der Waals surface area contributed by atoms with E-state index in [2.05, 4.69) is 36.3 Å². The van der Waals surface area contributed by atoms with Crippen molar-refractivity contribution in [3.05, 3.63) is 81.9 Å². The standard InChI is InChI=1S/C22H21N3O2S/c1-14-4-10-19(11-5-14)28-13-17-12-20(26)25-22(23-17)21(15(2)24-25)16-6-8-18(27-3)9-7-16/h4-12,24H,13H2,1-3H3. The minimum Gasteiger partial charge on any atom is -0.497 e. The number of thioether (sulfide) groups is 1. The molecule has 4 aromatic rings. The smallest absolute Gasteiger partial charge is 0.272 e. The van der Waals surface area contributed by atoms with E-state index < -0.39 is 0 Å². The molecule has 4 rings (SSSR count). The highest BCUT2D eigenvalue weighted by Crippen LogP contribution is 2.29. The molecule has 142 valence electrons. The molecule has 2 aromatic carbocycles. The Morgan fingerprint density at radius 2 is 1.79 bits per heavy atom. The van der Waals surface area contributed by atoms with Crippen molar-refractivity contribution < 1.29 is 4.74 Å². The first-order valence-electron chi connectivity index (χ1n) is 9.00. The molecule has 1 N–H and O–H groups in total. The molecule has 0 unspecified atom stereocenters. The Morgan fingerprint density at radius 1 is 1.07 bits per heavy atom. The van der Waals surface area contributed by atoms with E-state index in [1.807, 2.05) is 31.2 Å². The second-order valence-electron chi connectivity index (χ2n) is 6.69. The van der Waals surface area contributed by atoms with Crippen LogP contribution in [0.15, 0.2) is 64.3 Å². The molecule has 2 aromatic heterocycles. The molecular formula is C22H21N3O2S. The Labute approximate surface area is 167 Å². The molecule has 5 nitrogen and oxygen atoms in total. The summed E-state index contributed by atoms with van der Waals surface area (Å²) in [5.41, 5.74) is 5.37. The van der Waals surface area contributed by atoms with Gasteiger partial charge in [0.05, 0.1) is 12.8 Å². The van der Waals surface area contributed by atoms with E-state index in [9.17, 15) is 4.79 Å². The van der Waals surface area contributed by atoms with E-state index in [1.165, 1.54) is 10.1 Å². The number of hydrogen-bond donors (Lipinski definition) is 1. The van der Waals surface area contributed by atoms with Crippen molar-refractivity contribution in [2.24, 2.45) is 0 Å². The maximum absolute atomic E-state index is 12.6. The van der Waals surface area contributed by atoms with Crippen molar-refractivity contribution in [1.82, 2.24) is 14.6 Å². The summed E-state index contributed by atoms with van der Waals surface area (Å²) in [7, 11) is 1.64. The number of nitrogens with one attached hydrogen (secondary N) is 1. The molecule has 0 saturated carbocycles. The number of aryl methyl sites for hydroxylation is 2. The minimum absolute atomic E-state index is 0.104. The maximum Gasteiger partial charge on any atom is 0.272 e. The number of H-pyrrole nitrogens is 1. The zero-order chi connectivity index (χ0) is 19.7. The van der Waals surface area contributed by atoms with Crippen LogP contribution < -0.4 is 10.3 Å². The second-order valence-corrected chi connectivity index (χ2v) is 7.74. The van der Waals surface area contributed by atoms with Crippen molar-refractivity contribution in [3.63, 3.8) is 0 Å². The highest BCUT2D eigenvalue weighted by Gasteiger charge is 2.15. The summed E-state index contributed by atoms with van der Waals surface area (Å²) < 4.78 is 6.75. The third kappa shape index (κ3) is 3.55. The number of ether oxygens (including phenoxy) is 1. The predicted molar refractivity (Wildman–Crippen MR) is 113 cm³/mol. The first-order chi connectivity index (χ1) is 13.5. The quantitative estimate of drug-likeness (QED) is 0.505. The third-order valence-electron chi connectivity index (χ3n) is 4.64. The number of aromatic nitrogens is 3. The van der Waals surface area contributed by atoms with Gasteiger partial charge >= 0.3 is 0 Å². The van der Waals surface area contributed by atoms with Crippen LogP contribution in [0.2, 0.25) is 0 Å². The first kappa shape index (κ1) is 18.4. The van der Waals surface area contributed by atoms with E-state index in [0.29, 0.717) is 11.4 Å². The average molecular weight is 391 g/mol. The lowest BCUT2D eigenvalue weighted by Crippen LogP contribution is -2.15. The lowest BCUT2D eigenvalue weighted by Gasteiger charge is -2.05. The summed E-state index contributed by atoms with van der Waals surface area (Å²) in [6.45, 7) is 4.02. The van der Waals surface area contributed by atoms with Crippen LogP contribution >= 0.6 is 11.8 Å². The van der Waals surface area contributed by atoms with Crippen molar-refractivity contribution >= 4 is 17.4 Å². The van der Waals surface area contributed by atoms with Crippen LogP contribution in [0.3, 0.4) is 0 Å². The van der Waals surface area contributed by atoms with Gasteiger partial charge in [-0.1, -0.05) is 29.8 Å². The molecular weight excluding hydrogens is 370 g/mol. The van der Waals surface area contributed by atoms with Crippen molar-refractivity contribution in [1.29, 1.82) is 0 Å². The molecule has 0 bridgehead atoms. The van der Waals surface area contributed by atoms with Crippen molar-refractivity contribution in [2.75, 3.05) is 7.11 Å². The Hall–Kier alpha value is -2.99. The first-order valence-corrected chi connectivity index (χ1v) is 9.99. The molecule has 0 amide bonds. The van der Waals surface area contributed by atoms with Crippen LogP contribution in [-0.2, 0) is 5.75 Å². The van der Waals surface area contributed by atoms with Gasteiger partial charge in [-0.3, -0.25) is 9.89 Å². The second kappa shape index (κ2) is 7.56. The van der Waals surface area contributed by atoms with Gasteiger partial charge in [0.2, 0.25) is 0 Å². The van der Waals surface area contributed by atoms with E-state index in [0.717, 1.165) is 33.2 Å². The lowest BCUT2D eigenvalue weighted by molar-refractivity contribution is 0.415. The number of nitrogens with zero attached hydrogens (tertiary/aromatic N) is 2. The van der Waals surface area contributed by atoms with Crippen LogP contribution in [0.4, 0.5) is 0 Å². The molecule has 28 heavy (non-hydrogen) atoms. The number of benzene rings is 2. The highest BCUT2D eigenvalue weighted by molar-refractivity contribution is 7.98. The molecule has 0 spiro atoms. The molecule has 0 aliphatic carbocycles. The fraction of sp³-hybridized carbons (Fsp3) is 0.182. The fourth-order valence-electron chi connectivity index (χ4n) is 3.17. The Kier molecular flexibility index (Phi) is 4.96. The number of methoxy groups -OCH3 is 1. The largest absolute Gasteiger partial charge is 0.497 e. The van der Waals surface area contributed by atoms with Gasteiger partial charge in [-0.25, -0.2) is 9.50 Å². The maximum atomic E-state index is 12.6. The van der Waals surface area contributed by atoms with Gasteiger partial charge in [-0.2, -0.15) is 0 Å². The van der Waals surface area contributed by atoms with Gasteiger partial charge in [0.1, 0.15) is 5.75 Å². The van der Waals surface area contributed by atoms with Crippen LogP contribution in [0.5, 0.6) is 5.75 Å². The molecule has 0 aliphatic heterocycles. The molecule has 0 radical (unpaired) electrons. The average Bonchev–Trinajstić information content (AvgIpc) is 3.04. The van der Waals surface area contributed by atoms with Crippen LogP contribution in [-0.4, -0.2) is 21.7 Å². The van der Waals surface area contributed by atoms with Gasteiger partial charge in [-0.15, -0.1) is 11.8 Å². The number of fused-ring (bicyclic) bond motifs is 1. The summed E-state index contributed by atoms with van der Waals surface area (Å²) >= 11 is 1.68. The van der Waals surface area contributed by atoms with Crippen molar-refractivity contribution in [2.45, 2.75) is 24.5 Å². The van der Waals surface area contributed by atoms with Gasteiger partial charge < -0.3 is 4.74 Å². The number of hydrogen-bond acceptors (Lipinski definition) is 4. The number of rotatable bonds is 5. The predicted octanol–water partition coefficient (Wildman–Crippen LogP) is 4.61. The normalized spacial score (nSPS) is 11.1. The lowest BCUT2D eigenvalue weighted by atomic mass is 10.1. The number of aromatic amines is 1.